The molecule has 2 rings (SSSR count). The van der Waals surface area contributed by atoms with E-state index in [4.69, 9.17) is 0 Å². The van der Waals surface area contributed by atoms with Crippen molar-refractivity contribution in [1.29, 1.82) is 0 Å². The number of carbonyl (C=O) groups excluding carboxylic acids is 1. The smallest absolute Gasteiger partial charge is 0.324 e. The zero-order chi connectivity index (χ0) is 21.1. The lowest BCUT2D eigenvalue weighted by molar-refractivity contribution is -0.137. The lowest BCUT2D eigenvalue weighted by Crippen LogP contribution is -2.37. The van der Waals surface area contributed by atoms with Crippen molar-refractivity contribution in [1.82, 2.24) is 0 Å². The summed E-state index contributed by atoms with van der Waals surface area (Å²) in [6.45, 7) is 3.24. The molecule has 1 N–H and O–H groups in total. The molecule has 2 aromatic carbocycles. The molecule has 0 aliphatic rings. The van der Waals surface area contributed by atoms with E-state index in [9.17, 15) is 26.4 Å². The number of rotatable bonds is 6. The van der Waals surface area contributed by atoms with Gasteiger partial charge in [0.15, 0.2) is 0 Å². The average molecular weight is 414 g/mol. The molecule has 0 saturated carbocycles. The molecule has 0 bridgehead atoms. The molecule has 152 valence electrons. The maximum Gasteiger partial charge on any atom is 0.416 e. The van der Waals surface area contributed by atoms with Crippen LogP contribution in [0.1, 0.15) is 30.9 Å². The maximum atomic E-state index is 13.0. The predicted molar refractivity (Wildman–Crippen MR) is 103 cm³/mol. The van der Waals surface area contributed by atoms with Gasteiger partial charge < -0.3 is 5.32 Å². The number of para-hydroxylation sites is 1. The van der Waals surface area contributed by atoms with E-state index >= 15 is 0 Å². The Morgan fingerprint density at radius 2 is 1.75 bits per heavy atom. The molecule has 0 aliphatic carbocycles. The molecule has 9 heteroatoms. The van der Waals surface area contributed by atoms with Crippen molar-refractivity contribution >= 4 is 27.3 Å². The molecule has 0 fully saturated rings. The third-order valence-corrected chi connectivity index (χ3v) is 5.15. The third kappa shape index (κ3) is 5.48. The van der Waals surface area contributed by atoms with E-state index in [1.807, 2.05) is 26.0 Å². The Bertz CT molecular complexity index is 957. The number of hydrogen-bond donors (Lipinski definition) is 1. The molecule has 0 radical (unpaired) electrons. The zero-order valence-electron chi connectivity index (χ0n) is 15.6. The average Bonchev–Trinajstić information content (AvgIpc) is 2.58. The fourth-order valence-corrected chi connectivity index (χ4v) is 3.52. The highest BCUT2D eigenvalue weighted by molar-refractivity contribution is 7.92. The Hall–Kier alpha value is -2.55. The Morgan fingerprint density at radius 3 is 2.32 bits per heavy atom. The molecular formula is C19H21F3N2O3S. The first kappa shape index (κ1) is 21.7. The number of carbonyl (C=O) groups is 1. The minimum atomic E-state index is -4.63. The summed E-state index contributed by atoms with van der Waals surface area (Å²) in [5, 5.41) is 2.64. The van der Waals surface area contributed by atoms with Gasteiger partial charge in [-0.2, -0.15) is 13.2 Å². The molecule has 0 aliphatic heterocycles. The van der Waals surface area contributed by atoms with Crippen molar-refractivity contribution in [3.8, 4) is 0 Å². The van der Waals surface area contributed by atoms with Gasteiger partial charge in [-0.15, -0.1) is 0 Å². The molecule has 0 spiro atoms. The second-order valence-corrected chi connectivity index (χ2v) is 8.51. The van der Waals surface area contributed by atoms with Gasteiger partial charge in [-0.3, -0.25) is 9.10 Å². The highest BCUT2D eigenvalue weighted by Crippen LogP contribution is 2.32. The van der Waals surface area contributed by atoms with Crippen molar-refractivity contribution in [2.45, 2.75) is 25.9 Å². The van der Waals surface area contributed by atoms with Crippen LogP contribution in [-0.2, 0) is 21.0 Å². The topological polar surface area (TPSA) is 66.5 Å². The van der Waals surface area contributed by atoms with E-state index in [1.165, 1.54) is 6.07 Å². The van der Waals surface area contributed by atoms with Gasteiger partial charge in [0.05, 0.1) is 17.5 Å². The summed E-state index contributed by atoms with van der Waals surface area (Å²) in [5.74, 6) is -0.540. The quantitative estimate of drug-likeness (QED) is 0.769. The molecule has 0 unspecified atom stereocenters. The van der Waals surface area contributed by atoms with Crippen LogP contribution >= 0.6 is 0 Å². The molecule has 28 heavy (non-hydrogen) atoms. The Labute approximate surface area is 162 Å². The van der Waals surface area contributed by atoms with Gasteiger partial charge in [-0.1, -0.05) is 38.1 Å². The highest BCUT2D eigenvalue weighted by Gasteiger charge is 2.32. The lowest BCUT2D eigenvalue weighted by Gasteiger charge is -2.23. The number of halogens is 3. The Kier molecular flexibility index (Phi) is 6.38. The van der Waals surface area contributed by atoms with Crippen LogP contribution < -0.4 is 9.62 Å². The number of benzene rings is 2. The summed E-state index contributed by atoms with van der Waals surface area (Å²) in [6, 6.07) is 10.9. The summed E-state index contributed by atoms with van der Waals surface area (Å²) in [7, 11) is -3.99. The molecule has 2 aromatic rings. The minimum absolute atomic E-state index is 0.117. The van der Waals surface area contributed by atoms with Gasteiger partial charge in [-0.25, -0.2) is 8.42 Å². The first-order valence-corrected chi connectivity index (χ1v) is 10.3. The highest BCUT2D eigenvalue weighted by atomic mass is 32.2. The molecule has 5 nitrogen and oxygen atoms in total. The molecule has 0 heterocycles. The largest absolute Gasteiger partial charge is 0.416 e. The molecule has 0 saturated heterocycles. The van der Waals surface area contributed by atoms with Crippen LogP contribution in [0.15, 0.2) is 48.5 Å². The second-order valence-electron chi connectivity index (χ2n) is 6.61. The summed E-state index contributed by atoms with van der Waals surface area (Å²) < 4.78 is 63.7. The van der Waals surface area contributed by atoms with Crippen LogP contribution in [0, 0.1) is 0 Å². The van der Waals surface area contributed by atoms with Gasteiger partial charge in [-0.05, 0) is 35.7 Å². The van der Waals surface area contributed by atoms with E-state index in [0.717, 1.165) is 24.0 Å². The first-order chi connectivity index (χ1) is 12.9. The van der Waals surface area contributed by atoms with E-state index in [-0.39, 0.29) is 11.6 Å². The summed E-state index contributed by atoms with van der Waals surface area (Å²) in [6.07, 6.45) is -3.79. The van der Waals surface area contributed by atoms with Crippen LogP contribution in [0.3, 0.4) is 0 Å². The predicted octanol–water partition coefficient (Wildman–Crippen LogP) is 4.23. The molecule has 1 amide bonds. The monoisotopic (exact) mass is 414 g/mol. The van der Waals surface area contributed by atoms with Crippen molar-refractivity contribution < 1.29 is 26.4 Å². The first-order valence-electron chi connectivity index (χ1n) is 8.43. The Morgan fingerprint density at radius 1 is 1.11 bits per heavy atom. The van der Waals surface area contributed by atoms with Gasteiger partial charge in [0, 0.05) is 5.69 Å². The fourth-order valence-electron chi connectivity index (χ4n) is 2.67. The van der Waals surface area contributed by atoms with Gasteiger partial charge in [0.2, 0.25) is 15.9 Å². The van der Waals surface area contributed by atoms with Crippen molar-refractivity contribution in [3.05, 3.63) is 59.7 Å². The SMILES string of the molecule is CC(C)c1ccccc1NC(=O)CN(c1cccc(C(F)(F)F)c1)S(C)(=O)=O. The lowest BCUT2D eigenvalue weighted by atomic mass is 10.0. The summed E-state index contributed by atoms with van der Waals surface area (Å²) >= 11 is 0. The Balaban J connectivity index is 2.31. The number of amides is 1. The molecular weight excluding hydrogens is 393 g/mol. The normalized spacial score (nSPS) is 12.1. The number of nitrogens with zero attached hydrogens (tertiary/aromatic N) is 1. The molecule has 0 aromatic heterocycles. The van der Waals surface area contributed by atoms with Gasteiger partial charge in [0.25, 0.3) is 0 Å². The van der Waals surface area contributed by atoms with Gasteiger partial charge >= 0.3 is 6.18 Å². The number of nitrogens with one attached hydrogen (secondary N) is 1. The minimum Gasteiger partial charge on any atom is -0.324 e. The number of sulfonamides is 1. The zero-order valence-corrected chi connectivity index (χ0v) is 16.4. The standard InChI is InChI=1S/C19H21F3N2O3S/c1-13(2)16-9-4-5-10-17(16)23-18(25)12-24(28(3,26)27)15-8-6-7-14(11-15)19(20,21)22/h4-11,13H,12H2,1-3H3,(H,23,25). The summed E-state index contributed by atoms with van der Waals surface area (Å²) in [5.41, 5.74) is 0.162. The van der Waals surface area contributed by atoms with E-state index in [2.05, 4.69) is 5.32 Å². The second kappa shape index (κ2) is 8.22. The van der Waals surface area contributed by atoms with Crippen LogP contribution in [0.4, 0.5) is 24.5 Å². The van der Waals surface area contributed by atoms with E-state index in [1.54, 1.807) is 12.1 Å². The van der Waals surface area contributed by atoms with E-state index < -0.39 is 34.2 Å². The van der Waals surface area contributed by atoms with Crippen molar-refractivity contribution in [2.75, 3.05) is 22.4 Å². The number of anilines is 2. The van der Waals surface area contributed by atoms with Crippen molar-refractivity contribution in [2.24, 2.45) is 0 Å². The number of alkyl halides is 3. The van der Waals surface area contributed by atoms with Crippen LogP contribution in [0.2, 0.25) is 0 Å². The van der Waals surface area contributed by atoms with Crippen molar-refractivity contribution in [3.63, 3.8) is 0 Å². The van der Waals surface area contributed by atoms with Crippen LogP contribution in [0.25, 0.3) is 0 Å². The fraction of sp³-hybridized carbons (Fsp3) is 0.316. The maximum absolute atomic E-state index is 13.0. The molecule has 0 atom stereocenters. The number of hydrogen-bond acceptors (Lipinski definition) is 3. The third-order valence-electron chi connectivity index (χ3n) is 4.01. The van der Waals surface area contributed by atoms with E-state index in [0.29, 0.717) is 16.1 Å². The van der Waals surface area contributed by atoms with Crippen LogP contribution in [-0.4, -0.2) is 27.1 Å². The summed E-state index contributed by atoms with van der Waals surface area (Å²) in [4.78, 5) is 12.5. The van der Waals surface area contributed by atoms with Gasteiger partial charge in [0.1, 0.15) is 6.54 Å². The van der Waals surface area contributed by atoms with Crippen LogP contribution in [0.5, 0.6) is 0 Å².